The minimum atomic E-state index is 0.807. The smallest absolute Gasteiger partial charge is 0.234 e. The van der Waals surface area contributed by atoms with E-state index in [1.807, 2.05) is 6.92 Å². The van der Waals surface area contributed by atoms with Gasteiger partial charge in [0.25, 0.3) is 5.82 Å². The first-order chi connectivity index (χ1) is 12.5. The van der Waals surface area contributed by atoms with Gasteiger partial charge in [0.2, 0.25) is 0 Å². The summed E-state index contributed by atoms with van der Waals surface area (Å²) in [6.45, 7) is 8.23. The fourth-order valence-corrected chi connectivity index (χ4v) is 3.87. The van der Waals surface area contributed by atoms with Gasteiger partial charge < -0.3 is 0 Å². The fraction of sp³-hybridized carbons (Fsp3) is 0.227. The highest BCUT2D eigenvalue weighted by molar-refractivity contribution is 5.80. The van der Waals surface area contributed by atoms with Crippen molar-refractivity contribution in [3.05, 3.63) is 71.3 Å². The van der Waals surface area contributed by atoms with Crippen molar-refractivity contribution in [2.24, 2.45) is 7.05 Å². The second kappa shape index (κ2) is 6.06. The Hall–Kier alpha value is -3.01. The molecule has 0 radical (unpaired) electrons. The minimum Gasteiger partial charge on any atom is -0.234 e. The monoisotopic (exact) mass is 343 g/mol. The van der Waals surface area contributed by atoms with E-state index in [0.29, 0.717) is 0 Å². The number of fused-ring (bicyclic) bond motifs is 1. The summed E-state index contributed by atoms with van der Waals surface area (Å²) >= 11 is 0. The first-order valence-corrected chi connectivity index (χ1v) is 8.86. The molecule has 26 heavy (non-hydrogen) atoms. The van der Waals surface area contributed by atoms with Crippen LogP contribution in [0.4, 0.5) is 0 Å². The molecule has 2 aromatic carbocycles. The van der Waals surface area contributed by atoms with Crippen molar-refractivity contribution in [1.29, 1.82) is 0 Å². The molecule has 0 saturated carbocycles. The highest BCUT2D eigenvalue weighted by Gasteiger charge is 2.29. The standard InChI is InChI=1S/C22H23N4/c1-14-10-6-7-11-18(14)22-25(5)19-12-8-9-13-20(19)26(22)21-15(2)23-17(4)24-16(21)3/h6-13H,1-5H3/q+1. The first kappa shape index (κ1) is 16.5. The summed E-state index contributed by atoms with van der Waals surface area (Å²) in [4.78, 5) is 9.29. The maximum Gasteiger partial charge on any atom is 0.295 e. The number of benzene rings is 2. The molecule has 0 aliphatic heterocycles. The summed E-state index contributed by atoms with van der Waals surface area (Å²) in [5, 5.41) is 0. The van der Waals surface area contributed by atoms with E-state index in [9.17, 15) is 0 Å². The van der Waals surface area contributed by atoms with E-state index < -0.39 is 0 Å². The van der Waals surface area contributed by atoms with Crippen molar-refractivity contribution < 1.29 is 4.57 Å². The first-order valence-electron chi connectivity index (χ1n) is 8.86. The summed E-state index contributed by atoms with van der Waals surface area (Å²) < 4.78 is 4.57. The minimum absolute atomic E-state index is 0.807. The number of aromatic nitrogens is 4. The predicted octanol–water partition coefficient (Wildman–Crippen LogP) is 4.15. The lowest BCUT2D eigenvalue weighted by atomic mass is 10.1. The Morgan fingerprint density at radius 1 is 0.808 bits per heavy atom. The topological polar surface area (TPSA) is 34.6 Å². The third kappa shape index (κ3) is 2.41. The van der Waals surface area contributed by atoms with Crippen LogP contribution in [0.2, 0.25) is 0 Å². The van der Waals surface area contributed by atoms with Crippen LogP contribution < -0.4 is 4.57 Å². The zero-order valence-electron chi connectivity index (χ0n) is 15.9. The van der Waals surface area contributed by atoms with Crippen molar-refractivity contribution in [1.82, 2.24) is 14.5 Å². The molecule has 0 spiro atoms. The average Bonchev–Trinajstić information content (AvgIpc) is 2.88. The average molecular weight is 343 g/mol. The van der Waals surface area contributed by atoms with Crippen LogP contribution in [0.25, 0.3) is 28.1 Å². The number of aryl methyl sites for hydroxylation is 5. The molecule has 0 unspecified atom stereocenters. The van der Waals surface area contributed by atoms with Crippen LogP contribution in [0, 0.1) is 27.7 Å². The van der Waals surface area contributed by atoms with Gasteiger partial charge in [-0.2, -0.15) is 4.57 Å². The maximum atomic E-state index is 4.64. The van der Waals surface area contributed by atoms with Gasteiger partial charge in [0, 0.05) is 0 Å². The predicted molar refractivity (Wildman–Crippen MR) is 104 cm³/mol. The SMILES string of the molecule is Cc1nc(C)c(-n2c(-c3ccccc3C)[n+](C)c3ccccc32)c(C)n1. The summed E-state index contributed by atoms with van der Waals surface area (Å²) in [6.07, 6.45) is 0. The van der Waals surface area contributed by atoms with Crippen LogP contribution in [0.5, 0.6) is 0 Å². The largest absolute Gasteiger partial charge is 0.295 e. The number of hydrogen-bond donors (Lipinski definition) is 0. The van der Waals surface area contributed by atoms with Gasteiger partial charge in [-0.05, 0) is 51.5 Å². The van der Waals surface area contributed by atoms with Crippen LogP contribution in [0.15, 0.2) is 48.5 Å². The van der Waals surface area contributed by atoms with Gasteiger partial charge >= 0.3 is 0 Å². The highest BCUT2D eigenvalue weighted by atomic mass is 15.2. The molecule has 4 heteroatoms. The van der Waals surface area contributed by atoms with Gasteiger partial charge in [0.05, 0.1) is 24.0 Å². The van der Waals surface area contributed by atoms with Crippen molar-refractivity contribution in [3.63, 3.8) is 0 Å². The van der Waals surface area contributed by atoms with Crippen molar-refractivity contribution in [3.8, 4) is 17.1 Å². The van der Waals surface area contributed by atoms with Gasteiger partial charge in [0.15, 0.2) is 16.7 Å². The maximum absolute atomic E-state index is 4.64. The van der Waals surface area contributed by atoms with Gasteiger partial charge in [-0.15, -0.1) is 0 Å². The van der Waals surface area contributed by atoms with Gasteiger partial charge in [-0.25, -0.2) is 14.5 Å². The summed E-state index contributed by atoms with van der Waals surface area (Å²) in [7, 11) is 2.13. The van der Waals surface area contributed by atoms with E-state index >= 15 is 0 Å². The third-order valence-electron chi connectivity index (χ3n) is 4.97. The van der Waals surface area contributed by atoms with E-state index in [0.717, 1.165) is 34.2 Å². The number of para-hydroxylation sites is 2. The number of imidazole rings is 1. The molecule has 0 bridgehead atoms. The second-order valence-corrected chi connectivity index (χ2v) is 6.81. The molecular weight excluding hydrogens is 320 g/mol. The zero-order valence-corrected chi connectivity index (χ0v) is 15.9. The summed E-state index contributed by atoms with van der Waals surface area (Å²) in [5.74, 6) is 1.95. The normalized spacial score (nSPS) is 11.3. The quantitative estimate of drug-likeness (QED) is 0.513. The van der Waals surface area contributed by atoms with E-state index in [1.165, 1.54) is 16.6 Å². The lowest BCUT2D eigenvalue weighted by Crippen LogP contribution is -2.30. The summed E-state index contributed by atoms with van der Waals surface area (Å²) in [5.41, 5.74) is 7.85. The molecule has 4 nitrogen and oxygen atoms in total. The Balaban J connectivity index is 2.20. The molecule has 0 amide bonds. The van der Waals surface area contributed by atoms with Gasteiger partial charge in [-0.3, -0.25) is 0 Å². The Bertz CT molecular complexity index is 1120. The lowest BCUT2D eigenvalue weighted by molar-refractivity contribution is -0.633. The Morgan fingerprint density at radius 2 is 1.42 bits per heavy atom. The summed E-state index contributed by atoms with van der Waals surface area (Å²) in [6, 6.07) is 17.0. The molecule has 0 N–H and O–H groups in total. The van der Waals surface area contributed by atoms with Crippen LogP contribution >= 0.6 is 0 Å². The molecule has 4 rings (SSSR count). The van der Waals surface area contributed by atoms with Gasteiger partial charge in [0.1, 0.15) is 5.82 Å². The molecular formula is C22H23N4+. The molecule has 0 atom stereocenters. The molecule has 4 aromatic rings. The number of nitrogens with zero attached hydrogens (tertiary/aromatic N) is 4. The van der Waals surface area contributed by atoms with Crippen LogP contribution in [-0.2, 0) is 7.05 Å². The lowest BCUT2D eigenvalue weighted by Gasteiger charge is -2.10. The van der Waals surface area contributed by atoms with Crippen molar-refractivity contribution in [2.75, 3.05) is 0 Å². The fourth-order valence-electron chi connectivity index (χ4n) is 3.87. The van der Waals surface area contributed by atoms with Crippen LogP contribution in [-0.4, -0.2) is 14.5 Å². The molecule has 2 heterocycles. The Kier molecular flexibility index (Phi) is 3.83. The van der Waals surface area contributed by atoms with Crippen molar-refractivity contribution >= 4 is 11.0 Å². The highest BCUT2D eigenvalue weighted by Crippen LogP contribution is 2.30. The van der Waals surface area contributed by atoms with E-state index in [-0.39, 0.29) is 0 Å². The number of rotatable bonds is 2. The van der Waals surface area contributed by atoms with Gasteiger partial charge in [-0.1, -0.05) is 30.3 Å². The number of hydrogen-bond acceptors (Lipinski definition) is 2. The molecule has 0 aliphatic carbocycles. The Labute approximate surface area is 153 Å². The van der Waals surface area contributed by atoms with E-state index in [2.05, 4.69) is 95.5 Å². The molecule has 0 saturated heterocycles. The second-order valence-electron chi connectivity index (χ2n) is 6.81. The van der Waals surface area contributed by atoms with Crippen LogP contribution in [0.3, 0.4) is 0 Å². The van der Waals surface area contributed by atoms with E-state index in [4.69, 9.17) is 0 Å². The molecule has 2 aromatic heterocycles. The molecule has 0 fully saturated rings. The van der Waals surface area contributed by atoms with E-state index in [1.54, 1.807) is 0 Å². The van der Waals surface area contributed by atoms with Crippen LogP contribution in [0.1, 0.15) is 22.8 Å². The molecule has 130 valence electrons. The third-order valence-corrected chi connectivity index (χ3v) is 4.97. The van der Waals surface area contributed by atoms with Crippen molar-refractivity contribution in [2.45, 2.75) is 27.7 Å². The Morgan fingerprint density at radius 3 is 2.12 bits per heavy atom. The zero-order chi connectivity index (χ0) is 18.4. The molecule has 0 aliphatic rings.